The molecule has 0 fully saturated rings. The molecule has 0 heterocycles. The van der Waals surface area contributed by atoms with Gasteiger partial charge in [0.15, 0.2) is 0 Å². The summed E-state index contributed by atoms with van der Waals surface area (Å²) in [7, 11) is 0. The van der Waals surface area contributed by atoms with Gasteiger partial charge in [0.2, 0.25) is 0 Å². The van der Waals surface area contributed by atoms with Gasteiger partial charge in [0.05, 0.1) is 24.5 Å². The Labute approximate surface area is 107 Å². The molecule has 0 amide bonds. The van der Waals surface area contributed by atoms with Gasteiger partial charge in [0.25, 0.3) is 0 Å². The molecule has 0 aliphatic carbocycles. The molecule has 5 heteroatoms. The summed E-state index contributed by atoms with van der Waals surface area (Å²) in [4.78, 5) is 11.6. The van der Waals surface area contributed by atoms with Gasteiger partial charge in [-0.1, -0.05) is 6.92 Å². The van der Waals surface area contributed by atoms with Crippen LogP contribution in [0.15, 0.2) is 18.2 Å². The number of ether oxygens (including phenoxy) is 2. The first-order chi connectivity index (χ1) is 8.69. The van der Waals surface area contributed by atoms with E-state index in [1.54, 1.807) is 12.1 Å². The van der Waals surface area contributed by atoms with E-state index >= 15 is 0 Å². The van der Waals surface area contributed by atoms with Crippen molar-refractivity contribution >= 4 is 11.7 Å². The molecule has 0 aromatic heterocycles. The lowest BCUT2D eigenvalue weighted by Crippen LogP contribution is -2.07. The van der Waals surface area contributed by atoms with Crippen molar-refractivity contribution in [3.63, 3.8) is 0 Å². The predicted octanol–water partition coefficient (Wildman–Crippen LogP) is 1.60. The number of aliphatic hydroxyl groups excluding tert-OH is 1. The number of benzene rings is 1. The van der Waals surface area contributed by atoms with Crippen LogP contribution in [0.4, 0.5) is 5.69 Å². The second-order valence-electron chi connectivity index (χ2n) is 3.81. The highest BCUT2D eigenvalue weighted by molar-refractivity contribution is 5.91. The van der Waals surface area contributed by atoms with Crippen LogP contribution in [0.1, 0.15) is 30.1 Å². The van der Waals surface area contributed by atoms with E-state index in [0.717, 1.165) is 6.42 Å². The molecular formula is C13H19NO4. The third-order valence-electron chi connectivity index (χ3n) is 2.24. The van der Waals surface area contributed by atoms with Gasteiger partial charge in [-0.3, -0.25) is 0 Å². The molecule has 0 saturated heterocycles. The van der Waals surface area contributed by atoms with Crippen LogP contribution >= 0.6 is 0 Å². The average molecular weight is 253 g/mol. The molecule has 0 atom stereocenters. The number of aliphatic hydroxyl groups is 1. The summed E-state index contributed by atoms with van der Waals surface area (Å²) >= 11 is 0. The summed E-state index contributed by atoms with van der Waals surface area (Å²) in [5.74, 6) is 0.126. The topological polar surface area (TPSA) is 81.8 Å². The number of esters is 1. The summed E-state index contributed by atoms with van der Waals surface area (Å²) in [6, 6.07) is 4.78. The molecule has 1 rings (SSSR count). The summed E-state index contributed by atoms with van der Waals surface area (Å²) < 4.78 is 10.4. The van der Waals surface area contributed by atoms with Gasteiger partial charge < -0.3 is 20.3 Å². The first-order valence-electron chi connectivity index (χ1n) is 5.99. The second kappa shape index (κ2) is 7.55. The molecule has 18 heavy (non-hydrogen) atoms. The number of anilines is 1. The number of nitrogen functional groups attached to an aromatic ring is 1. The zero-order valence-electron chi connectivity index (χ0n) is 10.5. The van der Waals surface area contributed by atoms with Crippen molar-refractivity contribution < 1.29 is 19.4 Å². The lowest BCUT2D eigenvalue weighted by molar-refractivity contribution is 0.0505. The van der Waals surface area contributed by atoms with E-state index in [0.29, 0.717) is 36.6 Å². The van der Waals surface area contributed by atoms with Crippen LogP contribution in [0, 0.1) is 0 Å². The molecule has 1 aromatic carbocycles. The third kappa shape index (κ3) is 4.25. The van der Waals surface area contributed by atoms with Crippen molar-refractivity contribution in [3.05, 3.63) is 23.8 Å². The highest BCUT2D eigenvalue weighted by Gasteiger charge is 2.09. The average Bonchev–Trinajstić information content (AvgIpc) is 2.38. The molecule has 0 bridgehead atoms. The highest BCUT2D eigenvalue weighted by atomic mass is 16.5. The van der Waals surface area contributed by atoms with Gasteiger partial charge >= 0.3 is 5.97 Å². The summed E-state index contributed by atoms with van der Waals surface area (Å²) in [5, 5.41) is 8.64. The largest absolute Gasteiger partial charge is 0.491 e. The zero-order valence-corrected chi connectivity index (χ0v) is 10.5. The molecule has 0 radical (unpaired) electrons. The Morgan fingerprint density at radius 2 is 2.17 bits per heavy atom. The third-order valence-corrected chi connectivity index (χ3v) is 2.24. The number of carbonyl (C=O) groups excluding carboxylic acids is 1. The maximum absolute atomic E-state index is 11.6. The van der Waals surface area contributed by atoms with Crippen LogP contribution in [0.5, 0.6) is 5.75 Å². The van der Waals surface area contributed by atoms with Crippen molar-refractivity contribution in [2.45, 2.75) is 19.8 Å². The molecule has 0 spiro atoms. The number of carbonyl (C=O) groups is 1. The summed E-state index contributed by atoms with van der Waals surface area (Å²) in [6.45, 7) is 2.79. The normalized spacial score (nSPS) is 10.1. The van der Waals surface area contributed by atoms with Crippen molar-refractivity contribution in [1.82, 2.24) is 0 Å². The standard InChI is InChI=1S/C13H19NO4/c1-2-7-18-13(16)10-4-5-12(11(14)9-10)17-8-3-6-15/h4-5,9,15H,2-3,6-8,14H2,1H3. The van der Waals surface area contributed by atoms with Crippen LogP contribution < -0.4 is 10.5 Å². The van der Waals surface area contributed by atoms with Crippen LogP contribution in [0.2, 0.25) is 0 Å². The molecule has 100 valence electrons. The van der Waals surface area contributed by atoms with E-state index < -0.39 is 0 Å². The minimum atomic E-state index is -0.384. The van der Waals surface area contributed by atoms with Gasteiger partial charge in [0, 0.05) is 13.0 Å². The molecule has 0 aliphatic rings. The number of hydrogen-bond acceptors (Lipinski definition) is 5. The van der Waals surface area contributed by atoms with E-state index in [4.69, 9.17) is 20.3 Å². The Morgan fingerprint density at radius 3 is 2.78 bits per heavy atom. The van der Waals surface area contributed by atoms with Crippen LogP contribution in [0.3, 0.4) is 0 Å². The SMILES string of the molecule is CCCOC(=O)c1ccc(OCCCO)c(N)c1. The van der Waals surface area contributed by atoms with Crippen LogP contribution in [-0.4, -0.2) is 30.9 Å². The van der Waals surface area contributed by atoms with Gasteiger partial charge in [-0.2, -0.15) is 0 Å². The summed E-state index contributed by atoms with van der Waals surface area (Å²) in [6.07, 6.45) is 1.32. The lowest BCUT2D eigenvalue weighted by Gasteiger charge is -2.09. The molecule has 1 aromatic rings. The highest BCUT2D eigenvalue weighted by Crippen LogP contribution is 2.23. The van der Waals surface area contributed by atoms with E-state index in [9.17, 15) is 4.79 Å². The van der Waals surface area contributed by atoms with E-state index in [1.807, 2.05) is 6.92 Å². The molecule has 5 nitrogen and oxygen atoms in total. The quantitative estimate of drug-likeness (QED) is 0.438. The fourth-order valence-electron chi connectivity index (χ4n) is 1.33. The van der Waals surface area contributed by atoms with E-state index in [2.05, 4.69) is 0 Å². The fraction of sp³-hybridized carbons (Fsp3) is 0.462. The van der Waals surface area contributed by atoms with Crippen molar-refractivity contribution in [2.75, 3.05) is 25.6 Å². The fourth-order valence-corrected chi connectivity index (χ4v) is 1.33. The molecule has 0 saturated carbocycles. The van der Waals surface area contributed by atoms with Gasteiger partial charge in [-0.15, -0.1) is 0 Å². The predicted molar refractivity (Wildman–Crippen MR) is 68.6 cm³/mol. The Kier molecular flexibility index (Phi) is 6.00. The number of hydrogen-bond donors (Lipinski definition) is 2. The van der Waals surface area contributed by atoms with Crippen molar-refractivity contribution in [3.8, 4) is 5.75 Å². The van der Waals surface area contributed by atoms with Gasteiger partial charge in [-0.05, 0) is 24.6 Å². The molecule has 0 aliphatic heterocycles. The van der Waals surface area contributed by atoms with Gasteiger partial charge in [-0.25, -0.2) is 4.79 Å². The minimum Gasteiger partial charge on any atom is -0.491 e. The number of nitrogens with two attached hydrogens (primary N) is 1. The van der Waals surface area contributed by atoms with E-state index in [-0.39, 0.29) is 12.6 Å². The molecular weight excluding hydrogens is 234 g/mol. The first kappa shape index (κ1) is 14.3. The first-order valence-corrected chi connectivity index (χ1v) is 5.99. The Balaban J connectivity index is 2.63. The smallest absolute Gasteiger partial charge is 0.338 e. The zero-order chi connectivity index (χ0) is 13.4. The second-order valence-corrected chi connectivity index (χ2v) is 3.81. The number of rotatable bonds is 7. The Morgan fingerprint density at radius 1 is 1.39 bits per heavy atom. The Bertz CT molecular complexity index is 393. The molecule has 3 N–H and O–H groups in total. The monoisotopic (exact) mass is 253 g/mol. The maximum Gasteiger partial charge on any atom is 0.338 e. The van der Waals surface area contributed by atoms with E-state index in [1.165, 1.54) is 6.07 Å². The minimum absolute atomic E-state index is 0.0708. The van der Waals surface area contributed by atoms with Crippen molar-refractivity contribution in [1.29, 1.82) is 0 Å². The van der Waals surface area contributed by atoms with Crippen LogP contribution in [-0.2, 0) is 4.74 Å². The van der Waals surface area contributed by atoms with Crippen LogP contribution in [0.25, 0.3) is 0 Å². The summed E-state index contributed by atoms with van der Waals surface area (Å²) in [5.41, 5.74) is 6.58. The maximum atomic E-state index is 11.6. The van der Waals surface area contributed by atoms with Crippen molar-refractivity contribution in [2.24, 2.45) is 0 Å². The molecule has 0 unspecified atom stereocenters. The lowest BCUT2D eigenvalue weighted by atomic mass is 10.2. The Hall–Kier alpha value is -1.75. The van der Waals surface area contributed by atoms with Gasteiger partial charge in [0.1, 0.15) is 5.75 Å².